The predicted octanol–water partition coefficient (Wildman–Crippen LogP) is 1.48. The molecule has 1 aliphatic heterocycles. The van der Waals surface area contributed by atoms with Gasteiger partial charge in [0.15, 0.2) is 17.6 Å². The normalized spacial score (nSPS) is 15.4. The summed E-state index contributed by atoms with van der Waals surface area (Å²) in [6, 6.07) is 12.8. The van der Waals surface area contributed by atoms with Crippen LogP contribution in [-0.2, 0) is 11.3 Å². The van der Waals surface area contributed by atoms with Crippen LogP contribution in [0.1, 0.15) is 16.8 Å². The molecule has 0 fully saturated rings. The molecule has 8 nitrogen and oxygen atoms in total. The molecule has 3 aromatic rings. The SMILES string of the molecule is NC(=O)CCNC(=O)c1ccc2nn(CC3COc4ccccc4O3)cc2c1. The molecular weight excluding hydrogens is 360 g/mol. The third kappa shape index (κ3) is 3.90. The first kappa shape index (κ1) is 17.8. The Labute approximate surface area is 161 Å². The molecule has 8 heteroatoms. The van der Waals surface area contributed by atoms with E-state index in [9.17, 15) is 9.59 Å². The fraction of sp³-hybridized carbons (Fsp3) is 0.250. The Morgan fingerprint density at radius 1 is 1.21 bits per heavy atom. The number of nitrogens with zero attached hydrogens (tertiary/aromatic N) is 2. The summed E-state index contributed by atoms with van der Waals surface area (Å²) in [5.41, 5.74) is 6.36. The summed E-state index contributed by atoms with van der Waals surface area (Å²) >= 11 is 0. The summed E-state index contributed by atoms with van der Waals surface area (Å²) < 4.78 is 13.5. The van der Waals surface area contributed by atoms with E-state index in [2.05, 4.69) is 10.4 Å². The summed E-state index contributed by atoms with van der Waals surface area (Å²) in [6.45, 7) is 1.19. The second-order valence-corrected chi connectivity index (χ2v) is 6.59. The fourth-order valence-electron chi connectivity index (χ4n) is 3.07. The first-order chi connectivity index (χ1) is 13.6. The van der Waals surface area contributed by atoms with Crippen molar-refractivity contribution < 1.29 is 19.1 Å². The van der Waals surface area contributed by atoms with Gasteiger partial charge in [-0.2, -0.15) is 5.10 Å². The molecule has 0 radical (unpaired) electrons. The van der Waals surface area contributed by atoms with E-state index >= 15 is 0 Å². The molecule has 0 spiro atoms. The van der Waals surface area contributed by atoms with Gasteiger partial charge in [0.1, 0.15) is 6.61 Å². The molecule has 1 aromatic heterocycles. The highest BCUT2D eigenvalue weighted by Crippen LogP contribution is 2.31. The third-order valence-corrected chi connectivity index (χ3v) is 4.43. The van der Waals surface area contributed by atoms with Crippen LogP contribution >= 0.6 is 0 Å². The minimum atomic E-state index is -0.450. The molecule has 0 bridgehead atoms. The molecular formula is C20H20N4O4. The number of amides is 2. The molecule has 2 aromatic carbocycles. The van der Waals surface area contributed by atoms with E-state index in [4.69, 9.17) is 15.2 Å². The van der Waals surface area contributed by atoms with Crippen LogP contribution in [0.5, 0.6) is 11.5 Å². The van der Waals surface area contributed by atoms with Gasteiger partial charge in [-0.15, -0.1) is 0 Å². The summed E-state index contributed by atoms with van der Waals surface area (Å²) in [4.78, 5) is 23.0. The van der Waals surface area contributed by atoms with Crippen LogP contribution in [-0.4, -0.2) is 40.9 Å². The van der Waals surface area contributed by atoms with Crippen LogP contribution in [0.15, 0.2) is 48.7 Å². The van der Waals surface area contributed by atoms with Gasteiger partial charge in [0, 0.05) is 30.1 Å². The Hall–Kier alpha value is -3.55. The number of benzene rings is 2. The molecule has 0 saturated carbocycles. The summed E-state index contributed by atoms with van der Waals surface area (Å²) in [7, 11) is 0. The van der Waals surface area contributed by atoms with Crippen molar-refractivity contribution >= 4 is 22.7 Å². The van der Waals surface area contributed by atoms with Crippen molar-refractivity contribution in [2.24, 2.45) is 5.73 Å². The van der Waals surface area contributed by atoms with Gasteiger partial charge in [0.2, 0.25) is 5.91 Å². The summed E-state index contributed by atoms with van der Waals surface area (Å²) in [6.07, 6.45) is 1.83. The van der Waals surface area contributed by atoms with Gasteiger partial charge >= 0.3 is 0 Å². The Morgan fingerprint density at radius 3 is 2.86 bits per heavy atom. The van der Waals surface area contributed by atoms with Crippen LogP contribution in [0.4, 0.5) is 0 Å². The Balaban J connectivity index is 1.43. The largest absolute Gasteiger partial charge is 0.486 e. The van der Waals surface area contributed by atoms with Gasteiger partial charge < -0.3 is 20.5 Å². The minimum absolute atomic E-state index is 0.110. The number of ether oxygens (including phenoxy) is 2. The molecule has 144 valence electrons. The van der Waals surface area contributed by atoms with Crippen molar-refractivity contribution in [1.29, 1.82) is 0 Å². The third-order valence-electron chi connectivity index (χ3n) is 4.43. The highest BCUT2D eigenvalue weighted by atomic mass is 16.6. The molecule has 28 heavy (non-hydrogen) atoms. The first-order valence-electron chi connectivity index (χ1n) is 9.01. The Morgan fingerprint density at radius 2 is 2.04 bits per heavy atom. The second-order valence-electron chi connectivity index (χ2n) is 6.59. The van der Waals surface area contributed by atoms with Gasteiger partial charge in [-0.25, -0.2) is 0 Å². The minimum Gasteiger partial charge on any atom is -0.486 e. The Bertz CT molecular complexity index is 1030. The highest BCUT2D eigenvalue weighted by molar-refractivity contribution is 5.98. The number of hydrogen-bond acceptors (Lipinski definition) is 5. The molecule has 1 atom stereocenters. The highest BCUT2D eigenvalue weighted by Gasteiger charge is 2.21. The fourth-order valence-corrected chi connectivity index (χ4v) is 3.07. The lowest BCUT2D eigenvalue weighted by Gasteiger charge is -2.26. The number of hydrogen-bond donors (Lipinski definition) is 2. The van der Waals surface area contributed by atoms with E-state index in [0.717, 1.165) is 22.4 Å². The van der Waals surface area contributed by atoms with Crippen LogP contribution < -0.4 is 20.5 Å². The van der Waals surface area contributed by atoms with Crippen molar-refractivity contribution in [2.45, 2.75) is 19.1 Å². The van der Waals surface area contributed by atoms with Crippen molar-refractivity contribution in [3.05, 3.63) is 54.2 Å². The van der Waals surface area contributed by atoms with Crippen molar-refractivity contribution in [1.82, 2.24) is 15.1 Å². The van der Waals surface area contributed by atoms with Gasteiger partial charge in [-0.1, -0.05) is 12.1 Å². The smallest absolute Gasteiger partial charge is 0.251 e. The topological polar surface area (TPSA) is 108 Å². The van der Waals surface area contributed by atoms with E-state index < -0.39 is 5.91 Å². The number of carbonyl (C=O) groups is 2. The molecule has 1 unspecified atom stereocenters. The lowest BCUT2D eigenvalue weighted by Crippen LogP contribution is -2.33. The maximum Gasteiger partial charge on any atom is 0.251 e. The lowest BCUT2D eigenvalue weighted by atomic mass is 10.1. The van der Waals surface area contributed by atoms with Crippen molar-refractivity contribution in [3.63, 3.8) is 0 Å². The first-order valence-corrected chi connectivity index (χ1v) is 9.01. The number of para-hydroxylation sites is 2. The molecule has 2 heterocycles. The summed E-state index contributed by atoms with van der Waals surface area (Å²) in [5.74, 6) is 0.770. The zero-order chi connectivity index (χ0) is 19.5. The monoisotopic (exact) mass is 380 g/mol. The maximum atomic E-state index is 12.2. The van der Waals surface area contributed by atoms with E-state index in [0.29, 0.717) is 18.7 Å². The van der Waals surface area contributed by atoms with Gasteiger partial charge in [-0.3, -0.25) is 14.3 Å². The van der Waals surface area contributed by atoms with E-state index in [1.807, 2.05) is 30.5 Å². The summed E-state index contributed by atoms with van der Waals surface area (Å²) in [5, 5.41) is 8.06. The average molecular weight is 380 g/mol. The average Bonchev–Trinajstić information content (AvgIpc) is 3.09. The molecule has 4 rings (SSSR count). The van der Waals surface area contributed by atoms with Crippen LogP contribution in [0.25, 0.3) is 10.9 Å². The van der Waals surface area contributed by atoms with Crippen molar-refractivity contribution in [2.75, 3.05) is 13.2 Å². The van der Waals surface area contributed by atoms with Crippen LogP contribution in [0.3, 0.4) is 0 Å². The number of primary amides is 1. The quantitative estimate of drug-likeness (QED) is 0.673. The molecule has 0 saturated heterocycles. The number of rotatable bonds is 6. The lowest BCUT2D eigenvalue weighted by molar-refractivity contribution is -0.117. The molecule has 3 N–H and O–H groups in total. The molecule has 2 amide bonds. The number of nitrogens with one attached hydrogen (secondary N) is 1. The van der Waals surface area contributed by atoms with Crippen molar-refractivity contribution in [3.8, 4) is 11.5 Å². The van der Waals surface area contributed by atoms with E-state index in [1.54, 1.807) is 22.9 Å². The van der Waals surface area contributed by atoms with E-state index in [-0.39, 0.29) is 25.0 Å². The van der Waals surface area contributed by atoms with Crippen LogP contribution in [0, 0.1) is 0 Å². The number of nitrogens with two attached hydrogens (primary N) is 1. The standard InChI is InChI=1S/C20H20N4O4/c21-19(25)7-8-22-20(26)13-5-6-16-14(9-13)10-24(23-16)11-15-12-27-17-3-1-2-4-18(17)28-15/h1-6,9-10,15H,7-8,11-12H2,(H2,21,25)(H,22,26). The van der Waals surface area contributed by atoms with Gasteiger partial charge in [-0.05, 0) is 30.3 Å². The molecule has 1 aliphatic rings. The number of aromatic nitrogens is 2. The Kier molecular flexibility index (Phi) is 4.84. The number of carbonyl (C=O) groups excluding carboxylic acids is 2. The zero-order valence-electron chi connectivity index (χ0n) is 15.1. The maximum absolute atomic E-state index is 12.2. The van der Waals surface area contributed by atoms with Gasteiger partial charge in [0.25, 0.3) is 5.91 Å². The van der Waals surface area contributed by atoms with Gasteiger partial charge in [0.05, 0.1) is 12.1 Å². The number of fused-ring (bicyclic) bond motifs is 2. The zero-order valence-corrected chi connectivity index (χ0v) is 15.1. The second kappa shape index (κ2) is 7.59. The van der Waals surface area contributed by atoms with E-state index in [1.165, 1.54) is 0 Å². The molecule has 0 aliphatic carbocycles. The predicted molar refractivity (Wildman–Crippen MR) is 102 cm³/mol. The van der Waals surface area contributed by atoms with Crippen LogP contribution in [0.2, 0.25) is 0 Å².